The van der Waals surface area contributed by atoms with Crippen LogP contribution in [0.3, 0.4) is 0 Å². The average molecular weight is 351 g/mol. The maximum absolute atomic E-state index is 4.83. The summed E-state index contributed by atoms with van der Waals surface area (Å²) in [5.74, 6) is 0. The molecule has 0 spiro atoms. The van der Waals surface area contributed by atoms with Crippen LogP contribution in [-0.4, -0.2) is 24.5 Å². The molecule has 0 aliphatic heterocycles. The summed E-state index contributed by atoms with van der Waals surface area (Å²) in [7, 11) is 3.98. The van der Waals surface area contributed by atoms with Gasteiger partial charge in [0, 0.05) is 36.3 Å². The van der Waals surface area contributed by atoms with Crippen molar-refractivity contribution >= 4 is 0 Å². The highest BCUT2D eigenvalue weighted by Crippen LogP contribution is 2.29. The van der Waals surface area contributed by atoms with Gasteiger partial charge in [-0.2, -0.15) is 10.2 Å². The highest BCUT2D eigenvalue weighted by Gasteiger charge is 2.22. The van der Waals surface area contributed by atoms with E-state index in [-0.39, 0.29) is 10.8 Å². The minimum absolute atomic E-state index is 0.0419. The zero-order valence-corrected chi connectivity index (χ0v) is 17.1. The van der Waals surface area contributed by atoms with Crippen LogP contribution in [0.1, 0.15) is 52.9 Å². The minimum Gasteiger partial charge on any atom is -0.271 e. The molecule has 0 fully saturated rings. The molecule has 3 rings (SSSR count). The highest BCUT2D eigenvalue weighted by molar-refractivity contribution is 5.62. The average Bonchev–Trinajstić information content (AvgIpc) is 3.10. The number of nitrogens with zero attached hydrogens (tertiary/aromatic N) is 5. The lowest BCUT2D eigenvalue weighted by Gasteiger charge is -2.17. The second kappa shape index (κ2) is 6.08. The van der Waals surface area contributed by atoms with E-state index < -0.39 is 0 Å². The Balaban J connectivity index is 2.03. The molecule has 26 heavy (non-hydrogen) atoms. The topological polar surface area (TPSA) is 48.5 Å². The van der Waals surface area contributed by atoms with Gasteiger partial charge < -0.3 is 0 Å². The Morgan fingerprint density at radius 3 is 1.35 bits per heavy atom. The van der Waals surface area contributed by atoms with E-state index in [1.54, 1.807) is 0 Å². The Hall–Kier alpha value is -2.43. The molecule has 5 heteroatoms. The summed E-state index contributed by atoms with van der Waals surface area (Å²) >= 11 is 0. The number of pyridine rings is 1. The molecule has 0 aliphatic carbocycles. The third kappa shape index (κ3) is 3.43. The largest absolute Gasteiger partial charge is 0.271 e. The van der Waals surface area contributed by atoms with E-state index in [1.165, 1.54) is 11.4 Å². The predicted molar refractivity (Wildman–Crippen MR) is 106 cm³/mol. The molecule has 138 valence electrons. The molecule has 0 N–H and O–H groups in total. The Labute approximate surface area is 156 Å². The Morgan fingerprint density at radius 1 is 0.654 bits per heavy atom. The van der Waals surface area contributed by atoms with Crippen molar-refractivity contribution in [2.45, 2.75) is 52.4 Å². The van der Waals surface area contributed by atoms with Gasteiger partial charge in [0.2, 0.25) is 0 Å². The summed E-state index contributed by atoms with van der Waals surface area (Å²) in [5.41, 5.74) is 5.99. The van der Waals surface area contributed by atoms with E-state index in [9.17, 15) is 0 Å². The molecular formula is C21H29N5. The van der Waals surface area contributed by atoms with Gasteiger partial charge in [-0.1, -0.05) is 47.6 Å². The standard InChI is InChI=1S/C21H29N5/c1-20(2,3)18-12-16(23-25(18)7)14-10-9-11-15(22-14)17-13-19(21(4,5)6)26(8)24-17/h9-13H,1-8H3. The smallest absolute Gasteiger partial charge is 0.111 e. The van der Waals surface area contributed by atoms with Crippen molar-refractivity contribution in [1.82, 2.24) is 24.5 Å². The fourth-order valence-electron chi connectivity index (χ4n) is 3.31. The Kier molecular flexibility index (Phi) is 4.29. The first kappa shape index (κ1) is 18.4. The summed E-state index contributed by atoms with van der Waals surface area (Å²) in [6.07, 6.45) is 0. The molecule has 0 amide bonds. The summed E-state index contributed by atoms with van der Waals surface area (Å²) in [4.78, 5) is 4.83. The number of aryl methyl sites for hydroxylation is 2. The van der Waals surface area contributed by atoms with Gasteiger partial charge in [0.05, 0.1) is 11.4 Å². The first-order chi connectivity index (χ1) is 12.0. The SMILES string of the molecule is Cn1nc(-c2cccc(-c3cc(C(C)(C)C)n(C)n3)n2)cc1C(C)(C)C. The van der Waals surface area contributed by atoms with Crippen LogP contribution in [0.15, 0.2) is 30.3 Å². The molecule has 3 aromatic rings. The molecule has 0 radical (unpaired) electrons. The van der Waals surface area contributed by atoms with Crippen molar-refractivity contribution in [3.63, 3.8) is 0 Å². The molecule has 3 aromatic heterocycles. The third-order valence-electron chi connectivity index (χ3n) is 4.57. The predicted octanol–water partition coefficient (Wildman–Crippen LogP) is 4.48. The third-order valence-corrected chi connectivity index (χ3v) is 4.57. The van der Waals surface area contributed by atoms with Crippen molar-refractivity contribution in [3.05, 3.63) is 41.7 Å². The zero-order chi connectivity index (χ0) is 19.3. The van der Waals surface area contributed by atoms with E-state index in [4.69, 9.17) is 4.98 Å². The van der Waals surface area contributed by atoms with Gasteiger partial charge in [0.25, 0.3) is 0 Å². The molecule has 3 heterocycles. The molecule has 0 unspecified atom stereocenters. The van der Waals surface area contributed by atoms with Gasteiger partial charge in [-0.25, -0.2) is 4.98 Å². The van der Waals surface area contributed by atoms with Crippen LogP contribution < -0.4 is 0 Å². The molecule has 0 aromatic carbocycles. The van der Waals surface area contributed by atoms with Crippen molar-refractivity contribution in [1.29, 1.82) is 0 Å². The second-order valence-electron chi connectivity index (χ2n) is 8.98. The van der Waals surface area contributed by atoms with Crippen molar-refractivity contribution in [2.75, 3.05) is 0 Å². The number of rotatable bonds is 2. The maximum atomic E-state index is 4.83. The summed E-state index contributed by atoms with van der Waals surface area (Å²) in [6, 6.07) is 10.3. The first-order valence-electron chi connectivity index (χ1n) is 9.03. The lowest BCUT2D eigenvalue weighted by molar-refractivity contribution is 0.523. The van der Waals surface area contributed by atoms with Gasteiger partial charge in [-0.3, -0.25) is 9.36 Å². The van der Waals surface area contributed by atoms with E-state index in [2.05, 4.69) is 63.9 Å². The monoisotopic (exact) mass is 351 g/mol. The lowest BCUT2D eigenvalue weighted by atomic mass is 9.91. The Bertz CT molecular complexity index is 859. The van der Waals surface area contributed by atoms with Crippen LogP contribution in [0.4, 0.5) is 0 Å². The van der Waals surface area contributed by atoms with Crippen molar-refractivity contribution in [2.24, 2.45) is 14.1 Å². The highest BCUT2D eigenvalue weighted by atomic mass is 15.3. The van der Waals surface area contributed by atoms with E-state index in [0.29, 0.717) is 0 Å². The molecule has 0 bridgehead atoms. The van der Waals surface area contributed by atoms with Crippen molar-refractivity contribution < 1.29 is 0 Å². The molecule has 0 atom stereocenters. The maximum Gasteiger partial charge on any atom is 0.111 e. The molecule has 0 saturated heterocycles. The van der Waals surface area contributed by atoms with Crippen LogP contribution in [0.5, 0.6) is 0 Å². The molecule has 0 saturated carbocycles. The van der Waals surface area contributed by atoms with Gasteiger partial charge in [0.1, 0.15) is 11.4 Å². The van der Waals surface area contributed by atoms with E-state index in [0.717, 1.165) is 22.8 Å². The molecular weight excluding hydrogens is 322 g/mol. The van der Waals surface area contributed by atoms with Crippen LogP contribution in [0.2, 0.25) is 0 Å². The molecule has 5 nitrogen and oxygen atoms in total. The van der Waals surface area contributed by atoms with Gasteiger partial charge in [0.15, 0.2) is 0 Å². The summed E-state index contributed by atoms with van der Waals surface area (Å²) < 4.78 is 3.89. The first-order valence-corrected chi connectivity index (χ1v) is 9.03. The normalized spacial score (nSPS) is 12.6. The fraction of sp³-hybridized carbons (Fsp3) is 0.476. The van der Waals surface area contributed by atoms with Crippen molar-refractivity contribution in [3.8, 4) is 22.8 Å². The zero-order valence-electron chi connectivity index (χ0n) is 17.1. The lowest BCUT2D eigenvalue weighted by Crippen LogP contribution is -2.16. The Morgan fingerprint density at radius 2 is 1.04 bits per heavy atom. The summed E-state index contributed by atoms with van der Waals surface area (Å²) in [6.45, 7) is 13.2. The second-order valence-corrected chi connectivity index (χ2v) is 8.98. The van der Waals surface area contributed by atoms with Gasteiger partial charge in [-0.05, 0) is 24.3 Å². The van der Waals surface area contributed by atoms with Crippen LogP contribution in [-0.2, 0) is 24.9 Å². The quantitative estimate of drug-likeness (QED) is 0.684. The number of hydrogen-bond donors (Lipinski definition) is 0. The number of aromatic nitrogens is 5. The van der Waals surface area contributed by atoms with Crippen LogP contribution >= 0.6 is 0 Å². The van der Waals surface area contributed by atoms with Gasteiger partial charge in [-0.15, -0.1) is 0 Å². The fourth-order valence-corrected chi connectivity index (χ4v) is 3.31. The van der Waals surface area contributed by atoms with Gasteiger partial charge >= 0.3 is 0 Å². The minimum atomic E-state index is 0.0419. The number of hydrogen-bond acceptors (Lipinski definition) is 3. The molecule has 0 aliphatic rings. The summed E-state index contributed by atoms with van der Waals surface area (Å²) in [5, 5.41) is 9.35. The van der Waals surface area contributed by atoms with E-state index >= 15 is 0 Å². The van der Waals surface area contributed by atoms with Crippen LogP contribution in [0, 0.1) is 0 Å². The van der Waals surface area contributed by atoms with Crippen LogP contribution in [0.25, 0.3) is 22.8 Å². The van der Waals surface area contributed by atoms with E-state index in [1.807, 2.05) is 41.7 Å².